The van der Waals surface area contributed by atoms with Crippen molar-refractivity contribution in [2.45, 2.75) is 13.1 Å². The van der Waals surface area contributed by atoms with Gasteiger partial charge in [0.1, 0.15) is 0 Å². The van der Waals surface area contributed by atoms with Gasteiger partial charge in [0.15, 0.2) is 11.5 Å². The van der Waals surface area contributed by atoms with E-state index in [0.717, 1.165) is 17.7 Å². The highest BCUT2D eigenvalue weighted by Gasteiger charge is 2.13. The molecule has 0 aliphatic rings. The van der Waals surface area contributed by atoms with E-state index in [0.29, 0.717) is 12.3 Å². The molecule has 134 valence electrons. The van der Waals surface area contributed by atoms with Gasteiger partial charge in [-0.25, -0.2) is 4.98 Å². The first-order valence-electron chi connectivity index (χ1n) is 8.62. The third-order valence-corrected chi connectivity index (χ3v) is 4.20. The van der Waals surface area contributed by atoms with Crippen molar-refractivity contribution in [1.82, 2.24) is 20.0 Å². The van der Waals surface area contributed by atoms with Gasteiger partial charge in [-0.15, -0.1) is 0 Å². The van der Waals surface area contributed by atoms with E-state index in [1.807, 2.05) is 65.4 Å². The summed E-state index contributed by atoms with van der Waals surface area (Å²) in [5.41, 5.74) is 3.35. The first-order valence-corrected chi connectivity index (χ1v) is 8.62. The van der Waals surface area contributed by atoms with Gasteiger partial charge in [-0.05, 0) is 11.1 Å². The molecular formula is C21H18N4O2. The summed E-state index contributed by atoms with van der Waals surface area (Å²) < 4.78 is 7.28. The smallest absolute Gasteiger partial charge is 0.273 e. The number of nitrogens with one attached hydrogen (secondary N) is 1. The topological polar surface area (TPSA) is 73.0 Å². The molecule has 2 aromatic heterocycles. The van der Waals surface area contributed by atoms with Crippen molar-refractivity contribution in [2.75, 3.05) is 0 Å². The van der Waals surface area contributed by atoms with Gasteiger partial charge in [0.05, 0.1) is 6.33 Å². The van der Waals surface area contributed by atoms with E-state index in [1.54, 1.807) is 18.6 Å². The van der Waals surface area contributed by atoms with Crippen LogP contribution in [0.4, 0.5) is 0 Å². The van der Waals surface area contributed by atoms with Crippen molar-refractivity contribution in [3.05, 3.63) is 96.2 Å². The average Bonchev–Trinajstić information content (AvgIpc) is 3.40. The molecule has 0 unspecified atom stereocenters. The fourth-order valence-corrected chi connectivity index (χ4v) is 2.75. The lowest BCUT2D eigenvalue weighted by Gasteiger charge is -2.06. The maximum Gasteiger partial charge on any atom is 0.273 e. The standard InChI is InChI=1S/C21H18N4O2/c26-21(19-12-20(27-24-19)18-4-2-1-3-5-18)23-13-16-6-8-17(9-7-16)14-25-11-10-22-15-25/h1-12,15H,13-14H2,(H,23,26). The molecule has 27 heavy (non-hydrogen) atoms. The third-order valence-electron chi connectivity index (χ3n) is 4.20. The van der Waals surface area contributed by atoms with Gasteiger partial charge in [-0.2, -0.15) is 0 Å². The van der Waals surface area contributed by atoms with E-state index in [9.17, 15) is 4.79 Å². The predicted molar refractivity (Wildman–Crippen MR) is 101 cm³/mol. The van der Waals surface area contributed by atoms with Crippen LogP contribution < -0.4 is 5.32 Å². The van der Waals surface area contributed by atoms with Crippen molar-refractivity contribution >= 4 is 5.91 Å². The minimum atomic E-state index is -0.261. The van der Waals surface area contributed by atoms with Gasteiger partial charge in [-0.1, -0.05) is 59.8 Å². The van der Waals surface area contributed by atoms with Crippen LogP contribution in [0.25, 0.3) is 11.3 Å². The number of nitrogens with zero attached hydrogens (tertiary/aromatic N) is 3. The van der Waals surface area contributed by atoms with Crippen LogP contribution in [0.2, 0.25) is 0 Å². The van der Waals surface area contributed by atoms with Crippen molar-refractivity contribution in [2.24, 2.45) is 0 Å². The van der Waals surface area contributed by atoms with Gasteiger partial charge in [0, 0.05) is 37.1 Å². The molecule has 4 rings (SSSR count). The number of benzene rings is 2. The molecule has 0 bridgehead atoms. The van der Waals surface area contributed by atoms with Crippen molar-refractivity contribution in [3.8, 4) is 11.3 Å². The summed E-state index contributed by atoms with van der Waals surface area (Å²) in [5, 5.41) is 6.73. The summed E-state index contributed by atoms with van der Waals surface area (Å²) in [5.74, 6) is 0.313. The van der Waals surface area contributed by atoms with Crippen molar-refractivity contribution < 1.29 is 9.32 Å². The van der Waals surface area contributed by atoms with Crippen LogP contribution in [0.3, 0.4) is 0 Å². The SMILES string of the molecule is O=C(NCc1ccc(Cn2ccnc2)cc1)c1cc(-c2ccccc2)on1. The Labute approximate surface area is 156 Å². The molecule has 6 heteroatoms. The van der Waals surface area contributed by atoms with Crippen LogP contribution in [0, 0.1) is 0 Å². The van der Waals surface area contributed by atoms with Gasteiger partial charge in [0.2, 0.25) is 0 Å². The summed E-state index contributed by atoms with van der Waals surface area (Å²) in [6.07, 6.45) is 5.47. The van der Waals surface area contributed by atoms with Crippen molar-refractivity contribution in [1.29, 1.82) is 0 Å². The van der Waals surface area contributed by atoms with E-state index >= 15 is 0 Å². The zero-order valence-electron chi connectivity index (χ0n) is 14.6. The molecule has 1 amide bonds. The lowest BCUT2D eigenvalue weighted by Crippen LogP contribution is -2.23. The Bertz CT molecular complexity index is 1010. The zero-order chi connectivity index (χ0) is 18.5. The molecule has 2 heterocycles. The quantitative estimate of drug-likeness (QED) is 0.572. The normalized spacial score (nSPS) is 10.7. The lowest BCUT2D eigenvalue weighted by molar-refractivity contribution is 0.0942. The highest BCUT2D eigenvalue weighted by molar-refractivity contribution is 5.93. The summed E-state index contributed by atoms with van der Waals surface area (Å²) in [6.45, 7) is 1.20. The Morgan fingerprint density at radius 3 is 2.56 bits per heavy atom. The van der Waals surface area contributed by atoms with Crippen LogP contribution >= 0.6 is 0 Å². The van der Waals surface area contributed by atoms with Crippen LogP contribution in [0.5, 0.6) is 0 Å². The van der Waals surface area contributed by atoms with Crippen LogP contribution in [-0.4, -0.2) is 20.6 Å². The molecule has 0 saturated heterocycles. The van der Waals surface area contributed by atoms with Crippen molar-refractivity contribution in [3.63, 3.8) is 0 Å². The molecule has 0 radical (unpaired) electrons. The van der Waals surface area contributed by atoms with Gasteiger partial charge in [0.25, 0.3) is 5.91 Å². The molecule has 0 atom stereocenters. The molecular weight excluding hydrogens is 340 g/mol. The fraction of sp³-hybridized carbons (Fsp3) is 0.0952. The Kier molecular flexibility index (Phi) is 4.78. The molecule has 6 nitrogen and oxygen atoms in total. The summed E-state index contributed by atoms with van der Waals surface area (Å²) in [7, 11) is 0. The first kappa shape index (κ1) is 16.8. The first-order chi connectivity index (χ1) is 13.3. The number of carbonyl (C=O) groups excluding carboxylic acids is 1. The number of hydrogen-bond acceptors (Lipinski definition) is 4. The van der Waals surface area contributed by atoms with Gasteiger partial charge < -0.3 is 14.4 Å². The minimum Gasteiger partial charge on any atom is -0.355 e. The maximum absolute atomic E-state index is 12.3. The molecule has 0 fully saturated rings. The Hall–Kier alpha value is -3.67. The van der Waals surface area contributed by atoms with Crippen LogP contribution in [0.15, 0.2) is 83.9 Å². The lowest BCUT2D eigenvalue weighted by atomic mass is 10.1. The third kappa shape index (κ3) is 4.12. The molecule has 0 aliphatic heterocycles. The largest absolute Gasteiger partial charge is 0.355 e. The number of rotatable bonds is 6. The highest BCUT2D eigenvalue weighted by Crippen LogP contribution is 2.19. The van der Waals surface area contributed by atoms with E-state index in [2.05, 4.69) is 15.5 Å². The second-order valence-electron chi connectivity index (χ2n) is 6.18. The number of hydrogen-bond donors (Lipinski definition) is 1. The van der Waals surface area contributed by atoms with Gasteiger partial charge in [-0.3, -0.25) is 4.79 Å². The van der Waals surface area contributed by atoms with E-state index in [4.69, 9.17) is 4.52 Å². The second kappa shape index (κ2) is 7.70. The number of carbonyl (C=O) groups is 1. The second-order valence-corrected chi connectivity index (χ2v) is 6.18. The summed E-state index contributed by atoms with van der Waals surface area (Å²) in [4.78, 5) is 16.3. The number of amides is 1. The summed E-state index contributed by atoms with van der Waals surface area (Å²) in [6, 6.07) is 19.3. The van der Waals surface area contributed by atoms with E-state index in [1.165, 1.54) is 5.56 Å². The average molecular weight is 358 g/mol. The molecule has 2 aromatic carbocycles. The number of imidazole rings is 1. The van der Waals surface area contributed by atoms with E-state index < -0.39 is 0 Å². The highest BCUT2D eigenvalue weighted by atomic mass is 16.5. The van der Waals surface area contributed by atoms with E-state index in [-0.39, 0.29) is 11.6 Å². The Balaban J connectivity index is 1.34. The fourth-order valence-electron chi connectivity index (χ4n) is 2.75. The minimum absolute atomic E-state index is 0.261. The zero-order valence-corrected chi connectivity index (χ0v) is 14.6. The number of aromatic nitrogens is 3. The van der Waals surface area contributed by atoms with Gasteiger partial charge >= 0.3 is 0 Å². The molecule has 0 saturated carbocycles. The summed E-state index contributed by atoms with van der Waals surface area (Å²) >= 11 is 0. The monoisotopic (exact) mass is 358 g/mol. The predicted octanol–water partition coefficient (Wildman–Crippen LogP) is 3.52. The Morgan fingerprint density at radius 1 is 1.04 bits per heavy atom. The maximum atomic E-state index is 12.3. The molecule has 4 aromatic rings. The van der Waals surface area contributed by atoms with Crippen LogP contribution in [0.1, 0.15) is 21.6 Å². The molecule has 1 N–H and O–H groups in total. The molecule has 0 aliphatic carbocycles. The Morgan fingerprint density at radius 2 is 1.81 bits per heavy atom. The molecule has 0 spiro atoms. The van der Waals surface area contributed by atoms with Crippen LogP contribution in [-0.2, 0) is 13.1 Å².